The molecule has 1 saturated heterocycles. The van der Waals surface area contributed by atoms with Crippen LogP contribution >= 0.6 is 24.2 Å². The minimum Gasteiger partial charge on any atom is -0.325 e. The zero-order valence-corrected chi connectivity index (χ0v) is 7.94. The van der Waals surface area contributed by atoms with Crippen LogP contribution in [0.2, 0.25) is 0 Å². The van der Waals surface area contributed by atoms with Crippen LogP contribution in [0.25, 0.3) is 0 Å². The van der Waals surface area contributed by atoms with Gasteiger partial charge in [0.25, 0.3) is 0 Å². The van der Waals surface area contributed by atoms with E-state index in [0.717, 1.165) is 29.9 Å². The molecule has 66 valence electrons. The van der Waals surface area contributed by atoms with Crippen molar-refractivity contribution < 1.29 is 4.39 Å². The van der Waals surface area contributed by atoms with E-state index in [0.29, 0.717) is 0 Å². The Morgan fingerprint density at radius 3 is 2.45 bits per heavy atom. The van der Waals surface area contributed by atoms with E-state index in [2.05, 4.69) is 0 Å². The van der Waals surface area contributed by atoms with E-state index in [-0.39, 0.29) is 24.8 Å². The fraction of sp³-hybridized carbons (Fsp3) is 0.714. The van der Waals surface area contributed by atoms with E-state index < -0.39 is 0 Å². The molecule has 0 aliphatic carbocycles. The molecule has 1 rings (SSSR count). The third-order valence-electron chi connectivity index (χ3n) is 1.66. The monoisotopic (exact) mass is 197 g/mol. The Hall–Kier alpha value is 0.270. The molecule has 1 aliphatic rings. The lowest BCUT2D eigenvalue weighted by molar-refractivity contribution is 0.593. The summed E-state index contributed by atoms with van der Waals surface area (Å²) in [6.07, 6.45) is 1.79. The van der Waals surface area contributed by atoms with Crippen LogP contribution < -0.4 is 5.73 Å². The second kappa shape index (κ2) is 5.86. The molecule has 0 aromatic heterocycles. The summed E-state index contributed by atoms with van der Waals surface area (Å²) >= 11 is 1.88. The SMILES string of the molecule is Cl.NCC(F)=C1CCSCC1. The second-order valence-corrected chi connectivity index (χ2v) is 3.55. The van der Waals surface area contributed by atoms with Crippen molar-refractivity contribution >= 4 is 24.2 Å². The number of hydrogen-bond acceptors (Lipinski definition) is 2. The molecule has 0 aromatic rings. The largest absolute Gasteiger partial charge is 0.325 e. The highest BCUT2D eigenvalue weighted by Gasteiger charge is 2.09. The third-order valence-corrected chi connectivity index (χ3v) is 2.64. The maximum Gasteiger partial charge on any atom is 0.113 e. The van der Waals surface area contributed by atoms with Crippen LogP contribution in [0.5, 0.6) is 0 Å². The van der Waals surface area contributed by atoms with E-state index in [1.807, 2.05) is 11.8 Å². The molecule has 1 aliphatic heterocycles. The van der Waals surface area contributed by atoms with Gasteiger partial charge in [0.1, 0.15) is 5.83 Å². The lowest BCUT2D eigenvalue weighted by atomic mass is 10.1. The summed E-state index contributed by atoms with van der Waals surface area (Å²) in [4.78, 5) is 0. The topological polar surface area (TPSA) is 26.0 Å². The first kappa shape index (κ1) is 11.3. The van der Waals surface area contributed by atoms with Gasteiger partial charge in [-0.1, -0.05) is 0 Å². The van der Waals surface area contributed by atoms with E-state index >= 15 is 0 Å². The number of hydrogen-bond donors (Lipinski definition) is 1. The molecule has 1 fully saturated rings. The minimum atomic E-state index is -0.0831. The average Bonchev–Trinajstić information content (AvgIpc) is 2.05. The van der Waals surface area contributed by atoms with Gasteiger partial charge in [0, 0.05) is 6.54 Å². The van der Waals surface area contributed by atoms with E-state index in [1.54, 1.807) is 0 Å². The highest BCUT2D eigenvalue weighted by molar-refractivity contribution is 7.99. The molecule has 0 atom stereocenters. The second-order valence-electron chi connectivity index (χ2n) is 2.32. The van der Waals surface area contributed by atoms with Crippen molar-refractivity contribution in [3.8, 4) is 0 Å². The molecule has 1 heterocycles. The van der Waals surface area contributed by atoms with Gasteiger partial charge in [-0.25, -0.2) is 4.39 Å². The van der Waals surface area contributed by atoms with Gasteiger partial charge in [-0.15, -0.1) is 12.4 Å². The minimum absolute atomic E-state index is 0. The van der Waals surface area contributed by atoms with Gasteiger partial charge in [0.05, 0.1) is 0 Å². The van der Waals surface area contributed by atoms with Gasteiger partial charge in [-0.2, -0.15) is 11.8 Å². The van der Waals surface area contributed by atoms with Gasteiger partial charge in [0.15, 0.2) is 0 Å². The third kappa shape index (κ3) is 3.45. The molecule has 11 heavy (non-hydrogen) atoms. The molecule has 0 unspecified atom stereocenters. The summed E-state index contributed by atoms with van der Waals surface area (Å²) in [5.41, 5.74) is 6.11. The van der Waals surface area contributed by atoms with Crippen LogP contribution in [0.15, 0.2) is 11.4 Å². The van der Waals surface area contributed by atoms with Crippen molar-refractivity contribution in [1.29, 1.82) is 0 Å². The highest BCUT2D eigenvalue weighted by atomic mass is 35.5. The quantitative estimate of drug-likeness (QED) is 0.697. The Kier molecular flexibility index (Phi) is 6.01. The Balaban J connectivity index is 0.000001000. The fourth-order valence-corrected chi connectivity index (χ4v) is 2.02. The van der Waals surface area contributed by atoms with Gasteiger partial charge in [-0.05, 0) is 29.9 Å². The first-order valence-corrected chi connectivity index (χ1v) is 4.64. The lowest BCUT2D eigenvalue weighted by Crippen LogP contribution is -2.06. The van der Waals surface area contributed by atoms with E-state index in [4.69, 9.17) is 5.73 Å². The fourth-order valence-electron chi connectivity index (χ4n) is 1.03. The van der Waals surface area contributed by atoms with Gasteiger partial charge in [0.2, 0.25) is 0 Å². The number of allylic oxidation sites excluding steroid dienone is 1. The number of thioether (sulfide) groups is 1. The molecule has 0 aromatic carbocycles. The van der Waals surface area contributed by atoms with Gasteiger partial charge >= 0.3 is 0 Å². The average molecular weight is 198 g/mol. The molecular formula is C7H13ClFNS. The first-order valence-electron chi connectivity index (χ1n) is 3.49. The van der Waals surface area contributed by atoms with Crippen molar-refractivity contribution in [3.63, 3.8) is 0 Å². The molecule has 0 radical (unpaired) electrons. The molecule has 0 amide bonds. The molecule has 0 saturated carbocycles. The maximum absolute atomic E-state index is 12.8. The zero-order chi connectivity index (χ0) is 7.40. The van der Waals surface area contributed by atoms with Crippen LogP contribution in [0.4, 0.5) is 4.39 Å². The van der Waals surface area contributed by atoms with Crippen LogP contribution in [0.3, 0.4) is 0 Å². The molecule has 2 N–H and O–H groups in total. The summed E-state index contributed by atoms with van der Waals surface area (Å²) in [5, 5.41) is 0. The van der Waals surface area contributed by atoms with Crippen molar-refractivity contribution in [2.45, 2.75) is 12.8 Å². The molecule has 0 bridgehead atoms. The number of rotatable bonds is 1. The zero-order valence-electron chi connectivity index (χ0n) is 6.31. The van der Waals surface area contributed by atoms with Crippen molar-refractivity contribution in [2.75, 3.05) is 18.1 Å². The highest BCUT2D eigenvalue weighted by Crippen LogP contribution is 2.24. The summed E-state index contributed by atoms with van der Waals surface area (Å²) in [6.45, 7) is 0.0833. The Morgan fingerprint density at radius 1 is 1.45 bits per heavy atom. The predicted molar refractivity (Wildman–Crippen MR) is 51.0 cm³/mol. The maximum atomic E-state index is 12.8. The molecular weight excluding hydrogens is 185 g/mol. The number of halogens is 2. The smallest absolute Gasteiger partial charge is 0.113 e. The summed E-state index contributed by atoms with van der Waals surface area (Å²) in [6, 6.07) is 0. The summed E-state index contributed by atoms with van der Waals surface area (Å²) in [7, 11) is 0. The normalized spacial score (nSPS) is 17.5. The van der Waals surface area contributed by atoms with Crippen LogP contribution in [-0.2, 0) is 0 Å². The van der Waals surface area contributed by atoms with Gasteiger partial charge < -0.3 is 5.73 Å². The standard InChI is InChI=1S/C7H12FNS.ClH/c8-7(5-9)6-1-3-10-4-2-6;/h1-5,9H2;1H. The Labute approximate surface area is 77.0 Å². The predicted octanol–water partition coefficient (Wildman–Crippen LogP) is 2.12. The number of nitrogens with two attached hydrogens (primary N) is 1. The van der Waals surface area contributed by atoms with Crippen molar-refractivity contribution in [1.82, 2.24) is 0 Å². The lowest BCUT2D eigenvalue weighted by Gasteiger charge is -2.13. The Bertz CT molecular complexity index is 141. The van der Waals surface area contributed by atoms with E-state index in [9.17, 15) is 4.39 Å². The van der Waals surface area contributed by atoms with Crippen LogP contribution in [-0.4, -0.2) is 18.1 Å². The van der Waals surface area contributed by atoms with Crippen molar-refractivity contribution in [3.05, 3.63) is 11.4 Å². The summed E-state index contributed by atoms with van der Waals surface area (Å²) in [5.74, 6) is 2.03. The molecule has 0 spiro atoms. The first-order chi connectivity index (χ1) is 4.84. The van der Waals surface area contributed by atoms with Crippen LogP contribution in [0.1, 0.15) is 12.8 Å². The van der Waals surface area contributed by atoms with Gasteiger partial charge in [-0.3, -0.25) is 0 Å². The Morgan fingerprint density at radius 2 is 2.00 bits per heavy atom. The van der Waals surface area contributed by atoms with E-state index in [1.165, 1.54) is 0 Å². The molecule has 1 nitrogen and oxygen atoms in total. The van der Waals surface area contributed by atoms with Crippen molar-refractivity contribution in [2.24, 2.45) is 5.73 Å². The molecule has 4 heteroatoms. The summed E-state index contributed by atoms with van der Waals surface area (Å²) < 4.78 is 12.8. The van der Waals surface area contributed by atoms with Crippen LogP contribution in [0, 0.1) is 0 Å².